The van der Waals surface area contributed by atoms with E-state index in [1.807, 2.05) is 33.3 Å². The van der Waals surface area contributed by atoms with E-state index in [1.165, 1.54) is 83.5 Å². The number of carbonyl (C=O) groups is 2. The van der Waals surface area contributed by atoms with Crippen LogP contribution in [0.1, 0.15) is 174 Å². The number of allylic oxidation sites excluding steroid dienone is 12. The standard InChI is InChI=1S/C49H86NO8P/c1-6-8-10-12-14-16-18-20-22-24-25-26-28-30-32-34-36-38-40-42-49(52)58-47(46-57-59(53,54)56-44-43-50(3,4)5)45-55-48(51)41-39-37-35-33-31-29-27-23-21-19-17-15-13-11-9-7-2/h8,10,14,16,20,22,25-26,30,32,36,38,47H,6-7,9,11-13,15,17-19,21,23-24,27-29,31,33-35,37,39-46H2,1-5H3/p+1/b10-8+,16-14+,22-20+,26-25+,32-30+,38-36+/t47-/m1/s1. The van der Waals surface area contributed by atoms with Crippen LogP contribution >= 0.6 is 7.82 Å². The summed E-state index contributed by atoms with van der Waals surface area (Å²) in [5.41, 5.74) is 0. The van der Waals surface area contributed by atoms with Crippen molar-refractivity contribution in [3.05, 3.63) is 72.9 Å². The first-order chi connectivity index (χ1) is 28.5. The lowest BCUT2D eigenvalue weighted by Crippen LogP contribution is -2.37. The van der Waals surface area contributed by atoms with Gasteiger partial charge in [0.05, 0.1) is 27.7 Å². The third kappa shape index (κ3) is 44.8. The van der Waals surface area contributed by atoms with Gasteiger partial charge in [-0.25, -0.2) is 4.57 Å². The molecule has 0 amide bonds. The van der Waals surface area contributed by atoms with Gasteiger partial charge in [-0.3, -0.25) is 18.6 Å². The summed E-state index contributed by atoms with van der Waals surface area (Å²) in [6.45, 7) is 4.22. The van der Waals surface area contributed by atoms with Gasteiger partial charge in [-0.1, -0.05) is 183 Å². The van der Waals surface area contributed by atoms with Crippen molar-refractivity contribution in [3.63, 3.8) is 0 Å². The van der Waals surface area contributed by atoms with Crippen LogP contribution in [0.15, 0.2) is 72.9 Å². The molecule has 0 aromatic carbocycles. The van der Waals surface area contributed by atoms with Gasteiger partial charge in [0.25, 0.3) is 0 Å². The topological polar surface area (TPSA) is 108 Å². The summed E-state index contributed by atoms with van der Waals surface area (Å²) < 4.78 is 34.3. The van der Waals surface area contributed by atoms with Crippen molar-refractivity contribution in [2.24, 2.45) is 0 Å². The Kier molecular flexibility index (Phi) is 39.1. The fourth-order valence-corrected chi connectivity index (χ4v) is 6.66. The highest BCUT2D eigenvalue weighted by Gasteiger charge is 2.27. The predicted molar refractivity (Wildman–Crippen MR) is 247 cm³/mol. The number of hydrogen-bond acceptors (Lipinski definition) is 7. The highest BCUT2D eigenvalue weighted by Crippen LogP contribution is 2.43. The van der Waals surface area contributed by atoms with Crippen LogP contribution < -0.4 is 0 Å². The average molecular weight is 849 g/mol. The van der Waals surface area contributed by atoms with Gasteiger partial charge in [0.2, 0.25) is 0 Å². The molecule has 0 aromatic rings. The highest BCUT2D eigenvalue weighted by molar-refractivity contribution is 7.47. The van der Waals surface area contributed by atoms with Crippen molar-refractivity contribution in [2.75, 3.05) is 47.5 Å². The molecule has 2 atom stereocenters. The summed E-state index contributed by atoms with van der Waals surface area (Å²) in [6.07, 6.45) is 51.1. The predicted octanol–water partition coefficient (Wildman–Crippen LogP) is 13.4. The molecule has 10 heteroatoms. The van der Waals surface area contributed by atoms with Crippen LogP contribution in [-0.2, 0) is 32.7 Å². The summed E-state index contributed by atoms with van der Waals surface area (Å²) in [5.74, 6) is -0.897. The van der Waals surface area contributed by atoms with Gasteiger partial charge in [-0.15, -0.1) is 0 Å². The second kappa shape index (κ2) is 40.8. The highest BCUT2D eigenvalue weighted by atomic mass is 31.2. The molecule has 0 aliphatic heterocycles. The van der Waals surface area contributed by atoms with Gasteiger partial charge in [0, 0.05) is 12.8 Å². The summed E-state index contributed by atoms with van der Waals surface area (Å²) in [6, 6.07) is 0. The molecule has 0 aliphatic rings. The van der Waals surface area contributed by atoms with E-state index in [9.17, 15) is 19.0 Å². The Morgan fingerprint density at radius 2 is 0.966 bits per heavy atom. The fourth-order valence-electron chi connectivity index (χ4n) is 5.92. The molecule has 0 aromatic heterocycles. The van der Waals surface area contributed by atoms with Crippen molar-refractivity contribution < 1.29 is 42.1 Å². The number of unbranched alkanes of at least 4 members (excludes halogenated alkanes) is 15. The lowest BCUT2D eigenvalue weighted by molar-refractivity contribution is -0.870. The van der Waals surface area contributed by atoms with E-state index in [0.717, 1.165) is 57.8 Å². The first-order valence-corrected chi connectivity index (χ1v) is 24.7. The van der Waals surface area contributed by atoms with Crippen LogP contribution in [0.5, 0.6) is 0 Å². The molecule has 0 bridgehead atoms. The van der Waals surface area contributed by atoms with Crippen LogP contribution in [0.4, 0.5) is 0 Å². The number of hydrogen-bond donors (Lipinski definition) is 1. The Morgan fingerprint density at radius 3 is 1.41 bits per heavy atom. The molecule has 0 rings (SSSR count). The molecule has 0 saturated heterocycles. The largest absolute Gasteiger partial charge is 0.472 e. The Labute approximate surface area is 361 Å². The third-order valence-corrected chi connectivity index (χ3v) is 10.5. The van der Waals surface area contributed by atoms with Crippen LogP contribution in [0.3, 0.4) is 0 Å². The smallest absolute Gasteiger partial charge is 0.462 e. The number of nitrogens with zero attached hydrogens (tertiary/aromatic N) is 1. The Hall–Kier alpha value is -2.55. The minimum Gasteiger partial charge on any atom is -0.462 e. The summed E-state index contributed by atoms with van der Waals surface area (Å²) >= 11 is 0. The first-order valence-electron chi connectivity index (χ1n) is 23.2. The Bertz CT molecular complexity index is 1230. The van der Waals surface area contributed by atoms with Gasteiger partial charge in [0.1, 0.15) is 19.8 Å². The summed E-state index contributed by atoms with van der Waals surface area (Å²) in [4.78, 5) is 35.4. The molecule has 340 valence electrons. The van der Waals surface area contributed by atoms with Crippen molar-refractivity contribution in [3.8, 4) is 0 Å². The van der Waals surface area contributed by atoms with E-state index in [2.05, 4.69) is 74.6 Å². The molecular formula is C49H87NO8P+. The number of phosphoric ester groups is 1. The first kappa shape index (κ1) is 56.5. The van der Waals surface area contributed by atoms with Gasteiger partial charge in [-0.05, 0) is 51.4 Å². The molecule has 0 aliphatic carbocycles. The maximum atomic E-state index is 12.7. The number of rotatable bonds is 41. The molecule has 0 fully saturated rings. The lowest BCUT2D eigenvalue weighted by Gasteiger charge is -2.24. The number of carbonyl (C=O) groups excluding carboxylic acids is 2. The number of ether oxygens (including phenoxy) is 2. The number of quaternary nitrogens is 1. The second-order valence-electron chi connectivity index (χ2n) is 16.4. The van der Waals surface area contributed by atoms with Crippen molar-refractivity contribution in [2.45, 2.75) is 180 Å². The third-order valence-electron chi connectivity index (χ3n) is 9.51. The Balaban J connectivity index is 4.46. The van der Waals surface area contributed by atoms with Gasteiger partial charge >= 0.3 is 19.8 Å². The minimum atomic E-state index is -4.40. The normalized spacial score (nSPS) is 14.2. The zero-order valence-electron chi connectivity index (χ0n) is 38.2. The van der Waals surface area contributed by atoms with Crippen molar-refractivity contribution >= 4 is 19.8 Å². The molecule has 0 radical (unpaired) electrons. The number of esters is 2. The lowest BCUT2D eigenvalue weighted by atomic mass is 10.0. The zero-order chi connectivity index (χ0) is 43.6. The average Bonchev–Trinajstić information content (AvgIpc) is 3.19. The Morgan fingerprint density at radius 1 is 0.542 bits per heavy atom. The molecule has 0 saturated carbocycles. The SMILES string of the molecule is CC/C=C/C/C=C/C/C=C/C/C=C/C/C=C/C/C=C/CCC(=O)O[C@H](COC(=O)CCCCCCCCCCCCCCCCCC)COP(=O)(O)OCC[N+](C)(C)C. The minimum absolute atomic E-state index is 0.0159. The molecule has 0 heterocycles. The van der Waals surface area contributed by atoms with Crippen molar-refractivity contribution in [1.29, 1.82) is 0 Å². The van der Waals surface area contributed by atoms with Crippen molar-refractivity contribution in [1.82, 2.24) is 0 Å². The van der Waals surface area contributed by atoms with Crippen LogP contribution in [0.25, 0.3) is 0 Å². The molecule has 9 nitrogen and oxygen atoms in total. The van der Waals surface area contributed by atoms with Gasteiger partial charge in [0.15, 0.2) is 6.10 Å². The van der Waals surface area contributed by atoms with Gasteiger partial charge < -0.3 is 18.9 Å². The van der Waals surface area contributed by atoms with Crippen LogP contribution in [0.2, 0.25) is 0 Å². The number of likely N-dealkylation sites (N-methyl/N-ethyl adjacent to an activating group) is 1. The molecule has 1 N–H and O–H groups in total. The molecule has 1 unspecified atom stereocenters. The molecule has 59 heavy (non-hydrogen) atoms. The monoisotopic (exact) mass is 849 g/mol. The van der Waals surface area contributed by atoms with Crippen LogP contribution in [-0.4, -0.2) is 74.9 Å². The maximum absolute atomic E-state index is 12.7. The van der Waals surface area contributed by atoms with Crippen LogP contribution in [0, 0.1) is 0 Å². The van der Waals surface area contributed by atoms with E-state index < -0.39 is 26.5 Å². The fraction of sp³-hybridized carbons (Fsp3) is 0.714. The maximum Gasteiger partial charge on any atom is 0.472 e. The van der Waals surface area contributed by atoms with E-state index in [-0.39, 0.29) is 32.0 Å². The van der Waals surface area contributed by atoms with E-state index in [0.29, 0.717) is 17.4 Å². The van der Waals surface area contributed by atoms with E-state index >= 15 is 0 Å². The molecular weight excluding hydrogens is 762 g/mol. The zero-order valence-corrected chi connectivity index (χ0v) is 39.1. The quantitative estimate of drug-likeness (QED) is 0.0213. The van der Waals surface area contributed by atoms with E-state index in [1.54, 1.807) is 0 Å². The molecule has 0 spiro atoms. The number of phosphoric acid groups is 1. The summed E-state index contributed by atoms with van der Waals surface area (Å²) in [5, 5.41) is 0. The van der Waals surface area contributed by atoms with Gasteiger partial charge in [-0.2, -0.15) is 0 Å². The van der Waals surface area contributed by atoms with E-state index in [4.69, 9.17) is 18.5 Å². The summed E-state index contributed by atoms with van der Waals surface area (Å²) in [7, 11) is 1.42. The second-order valence-corrected chi connectivity index (χ2v) is 17.9.